The minimum atomic E-state index is -1.18. The predicted octanol–water partition coefficient (Wildman–Crippen LogP) is 7.64. The standard InChI is InChI=1S/C44H69N3O7/c1-26(2)34-29(48)24-44(36(50)46-20-22-47(23-21-46)38(53)45-27(3)4)19-18-42(10)28(35(34)44)12-13-31-41(9)16-15-32(54-33(49)25-39(5,6)37(51)52)40(7,8)30(41)14-17-43(31,42)11/h26-28,30-32H,12-25H2,1-11H3,(H,45,53)(H,51,52)/t28-,30+,31-,32+,41+,42-,43-,44-/m1/s1. The van der Waals surface area contributed by atoms with Gasteiger partial charge in [-0.3, -0.25) is 19.2 Å². The Morgan fingerprint density at radius 1 is 0.833 bits per heavy atom. The predicted molar refractivity (Wildman–Crippen MR) is 207 cm³/mol. The summed E-state index contributed by atoms with van der Waals surface area (Å²) in [5.41, 5.74) is -0.239. The summed E-state index contributed by atoms with van der Waals surface area (Å²) in [6.45, 7) is 25.2. The number of allylic oxidation sites excluding steroid dienone is 1. The number of fused-ring (bicyclic) bond motifs is 7. The van der Waals surface area contributed by atoms with E-state index in [1.165, 1.54) is 0 Å². The van der Waals surface area contributed by atoms with E-state index in [1.54, 1.807) is 18.7 Å². The number of Topliss-reactive ketones (excluding diaryl/α,β-unsaturated/α-hetero) is 1. The molecular formula is C44H69N3O7. The first kappa shape index (κ1) is 40.7. The van der Waals surface area contributed by atoms with Crippen LogP contribution in [-0.2, 0) is 23.9 Å². The Morgan fingerprint density at radius 3 is 2.06 bits per heavy atom. The van der Waals surface area contributed by atoms with Gasteiger partial charge in [0.05, 0.1) is 17.3 Å². The summed E-state index contributed by atoms with van der Waals surface area (Å²) in [7, 11) is 0. The van der Waals surface area contributed by atoms with Gasteiger partial charge in [-0.1, -0.05) is 48.5 Å². The molecule has 5 aliphatic carbocycles. The molecule has 5 fully saturated rings. The van der Waals surface area contributed by atoms with Gasteiger partial charge in [-0.25, -0.2) is 4.79 Å². The number of ketones is 1. The lowest BCUT2D eigenvalue weighted by atomic mass is 9.33. The summed E-state index contributed by atoms with van der Waals surface area (Å²) in [5.74, 6) is -0.211. The molecule has 0 unspecified atom stereocenters. The number of piperazine rings is 1. The molecule has 54 heavy (non-hydrogen) atoms. The molecule has 0 radical (unpaired) electrons. The van der Waals surface area contributed by atoms with E-state index in [0.717, 1.165) is 56.1 Å². The highest BCUT2D eigenvalue weighted by molar-refractivity contribution is 6.07. The highest BCUT2D eigenvalue weighted by Gasteiger charge is 2.71. The van der Waals surface area contributed by atoms with Crippen molar-refractivity contribution >= 4 is 29.7 Å². The fourth-order valence-electron chi connectivity index (χ4n) is 13.5. The molecule has 4 saturated carbocycles. The van der Waals surface area contributed by atoms with E-state index in [4.69, 9.17) is 4.74 Å². The molecule has 0 aromatic carbocycles. The molecule has 0 bridgehead atoms. The molecule has 1 aliphatic heterocycles. The SMILES string of the molecule is CC(C)NC(=O)N1CCN(C(=O)[C@@]23CC[C@]4(C)[C@H](CC[C@@H]5[C@@]6(C)CC[C@H](OC(=O)CC(C)(C)C(=O)O)C(C)(C)[C@@H]6CC[C@]54C)C2=C(C(C)C)C(=O)C3)CC1. The Balaban J connectivity index is 1.27. The topological polar surface area (TPSA) is 133 Å². The maximum atomic E-state index is 14.9. The number of rotatable bonds is 7. The van der Waals surface area contributed by atoms with Crippen LogP contribution >= 0.6 is 0 Å². The molecular weight excluding hydrogens is 682 g/mol. The second kappa shape index (κ2) is 13.6. The lowest BCUT2D eigenvalue weighted by Crippen LogP contribution is -2.66. The van der Waals surface area contributed by atoms with Gasteiger partial charge >= 0.3 is 18.0 Å². The first-order chi connectivity index (χ1) is 25.0. The summed E-state index contributed by atoms with van der Waals surface area (Å²) in [6.07, 6.45) is 7.20. The second-order valence-electron chi connectivity index (χ2n) is 20.9. The number of aliphatic carboxylic acids is 1. The monoisotopic (exact) mass is 752 g/mol. The first-order valence-corrected chi connectivity index (χ1v) is 21.0. The van der Waals surface area contributed by atoms with Crippen LogP contribution in [0.4, 0.5) is 4.79 Å². The third kappa shape index (κ3) is 6.13. The van der Waals surface area contributed by atoms with E-state index in [9.17, 15) is 29.1 Å². The molecule has 302 valence electrons. The zero-order valence-corrected chi connectivity index (χ0v) is 35.2. The van der Waals surface area contributed by atoms with Crippen LogP contribution in [0.1, 0.15) is 140 Å². The minimum absolute atomic E-state index is 0.00237. The van der Waals surface area contributed by atoms with Crippen LogP contribution in [0.3, 0.4) is 0 Å². The number of hydrogen-bond donors (Lipinski definition) is 2. The van der Waals surface area contributed by atoms with Crippen LogP contribution in [-0.4, -0.2) is 82.9 Å². The molecule has 1 heterocycles. The fraction of sp³-hybridized carbons (Fsp3) is 0.841. The molecule has 3 amide bonds. The molecule has 2 N–H and O–H groups in total. The average molecular weight is 752 g/mol. The second-order valence-corrected chi connectivity index (χ2v) is 20.9. The third-order valence-electron chi connectivity index (χ3n) is 16.5. The van der Waals surface area contributed by atoms with Crippen LogP contribution in [0.2, 0.25) is 0 Å². The number of amides is 3. The maximum Gasteiger partial charge on any atom is 0.317 e. The van der Waals surface area contributed by atoms with Crippen molar-refractivity contribution in [3.8, 4) is 0 Å². The van der Waals surface area contributed by atoms with E-state index in [-0.39, 0.29) is 76.2 Å². The van der Waals surface area contributed by atoms with Crippen molar-refractivity contribution in [3.05, 3.63) is 11.1 Å². The summed E-state index contributed by atoms with van der Waals surface area (Å²) < 4.78 is 6.16. The maximum absolute atomic E-state index is 14.9. The van der Waals surface area contributed by atoms with E-state index in [0.29, 0.717) is 44.4 Å². The van der Waals surface area contributed by atoms with Gasteiger partial charge in [0.2, 0.25) is 5.91 Å². The van der Waals surface area contributed by atoms with Gasteiger partial charge in [-0.15, -0.1) is 0 Å². The molecule has 10 heteroatoms. The van der Waals surface area contributed by atoms with E-state index in [2.05, 4.69) is 53.8 Å². The molecule has 0 spiro atoms. The van der Waals surface area contributed by atoms with Crippen molar-refractivity contribution in [1.82, 2.24) is 15.1 Å². The number of nitrogens with one attached hydrogen (secondary N) is 1. The molecule has 10 nitrogen and oxygen atoms in total. The van der Waals surface area contributed by atoms with E-state index < -0.39 is 22.8 Å². The molecule has 6 rings (SSSR count). The van der Waals surface area contributed by atoms with Crippen LogP contribution in [0.5, 0.6) is 0 Å². The van der Waals surface area contributed by atoms with Crippen LogP contribution < -0.4 is 5.32 Å². The average Bonchev–Trinajstić information content (AvgIpc) is 3.38. The lowest BCUT2D eigenvalue weighted by molar-refractivity contribution is -0.233. The van der Waals surface area contributed by atoms with Gasteiger partial charge in [-0.2, -0.15) is 0 Å². The van der Waals surface area contributed by atoms with Gasteiger partial charge in [0.25, 0.3) is 0 Å². The normalized spacial score (nSPS) is 37.7. The Morgan fingerprint density at radius 2 is 1.46 bits per heavy atom. The third-order valence-corrected chi connectivity index (χ3v) is 16.5. The highest BCUT2D eigenvalue weighted by Crippen LogP contribution is 2.77. The van der Waals surface area contributed by atoms with Crippen LogP contribution in [0, 0.1) is 56.2 Å². The Labute approximate surface area is 323 Å². The zero-order valence-electron chi connectivity index (χ0n) is 35.2. The summed E-state index contributed by atoms with van der Waals surface area (Å²) in [5, 5.41) is 12.6. The van der Waals surface area contributed by atoms with Gasteiger partial charge in [0.15, 0.2) is 5.78 Å². The Bertz CT molecular complexity index is 1610. The summed E-state index contributed by atoms with van der Waals surface area (Å²) in [6, 6.07) is -0.0433. The van der Waals surface area contributed by atoms with Crippen molar-refractivity contribution in [3.63, 3.8) is 0 Å². The van der Waals surface area contributed by atoms with Crippen molar-refractivity contribution in [1.29, 1.82) is 0 Å². The van der Waals surface area contributed by atoms with Crippen molar-refractivity contribution < 1.29 is 33.8 Å². The number of urea groups is 1. The Kier molecular flexibility index (Phi) is 10.3. The number of hydrogen-bond acceptors (Lipinski definition) is 6. The number of esters is 1. The Hall–Kier alpha value is -2.91. The number of carboxylic acid groups (broad SMARTS) is 1. The number of ether oxygens (including phenoxy) is 1. The molecule has 6 aliphatic rings. The zero-order chi connectivity index (χ0) is 40.0. The molecule has 0 aromatic heterocycles. The van der Waals surface area contributed by atoms with Gasteiger partial charge in [0.1, 0.15) is 6.10 Å². The van der Waals surface area contributed by atoms with Crippen molar-refractivity contribution in [2.45, 2.75) is 153 Å². The smallest absolute Gasteiger partial charge is 0.317 e. The molecule has 1 saturated heterocycles. The number of carboxylic acids is 1. The quantitative estimate of drug-likeness (QED) is 0.256. The number of carbonyl (C=O) groups excluding carboxylic acids is 4. The molecule has 0 aromatic rings. The number of nitrogens with zero attached hydrogens (tertiary/aromatic N) is 2. The van der Waals surface area contributed by atoms with Gasteiger partial charge in [0, 0.05) is 44.1 Å². The molecule has 8 atom stereocenters. The van der Waals surface area contributed by atoms with Gasteiger partial charge in [-0.05, 0) is 130 Å². The minimum Gasteiger partial charge on any atom is -0.481 e. The first-order valence-electron chi connectivity index (χ1n) is 21.0. The van der Waals surface area contributed by atoms with E-state index >= 15 is 0 Å². The summed E-state index contributed by atoms with van der Waals surface area (Å²) in [4.78, 5) is 70.5. The highest BCUT2D eigenvalue weighted by atomic mass is 16.5. The fourth-order valence-corrected chi connectivity index (χ4v) is 13.5. The van der Waals surface area contributed by atoms with Crippen molar-refractivity contribution in [2.24, 2.45) is 56.2 Å². The largest absolute Gasteiger partial charge is 0.481 e. The van der Waals surface area contributed by atoms with Gasteiger partial charge < -0.3 is 25.0 Å². The van der Waals surface area contributed by atoms with Crippen LogP contribution in [0.25, 0.3) is 0 Å². The lowest BCUT2D eigenvalue weighted by Gasteiger charge is -2.72. The van der Waals surface area contributed by atoms with E-state index in [1.807, 2.05) is 18.7 Å². The van der Waals surface area contributed by atoms with Crippen molar-refractivity contribution in [2.75, 3.05) is 26.2 Å². The number of carbonyl (C=O) groups is 5. The summed E-state index contributed by atoms with van der Waals surface area (Å²) >= 11 is 0. The van der Waals surface area contributed by atoms with Crippen LogP contribution in [0.15, 0.2) is 11.1 Å².